The van der Waals surface area contributed by atoms with Gasteiger partial charge >= 0.3 is 0 Å². The molecule has 2 aromatic rings. The molecular formula is C17H21ClN4O4S. The van der Waals surface area contributed by atoms with Gasteiger partial charge in [-0.25, -0.2) is 8.42 Å². The quantitative estimate of drug-likeness (QED) is 0.246. The Hall–Kier alpha value is -2.36. The molecule has 0 aliphatic rings. The highest BCUT2D eigenvalue weighted by molar-refractivity contribution is 7.89. The molecule has 27 heavy (non-hydrogen) atoms. The summed E-state index contributed by atoms with van der Waals surface area (Å²) in [7, 11) is -2.42. The van der Waals surface area contributed by atoms with Crippen molar-refractivity contribution < 1.29 is 17.9 Å². The second kappa shape index (κ2) is 9.03. The topological polar surface area (TPSA) is 137 Å². The van der Waals surface area contributed by atoms with Crippen molar-refractivity contribution in [1.29, 1.82) is 0 Å². The van der Waals surface area contributed by atoms with E-state index in [1.807, 2.05) is 6.07 Å². The van der Waals surface area contributed by atoms with Crippen molar-refractivity contribution in [3.05, 3.63) is 36.4 Å². The molecule has 0 amide bonds. The summed E-state index contributed by atoms with van der Waals surface area (Å²) in [5, 5.41) is 0.751. The Morgan fingerprint density at radius 2 is 1.93 bits per heavy atom. The second-order valence-corrected chi connectivity index (χ2v) is 7.89. The van der Waals surface area contributed by atoms with Crippen LogP contribution in [0.5, 0.6) is 5.75 Å². The van der Waals surface area contributed by atoms with Crippen molar-refractivity contribution in [1.82, 2.24) is 4.72 Å². The second-order valence-electron chi connectivity index (χ2n) is 5.80. The van der Waals surface area contributed by atoms with Crippen molar-refractivity contribution >= 4 is 43.6 Å². The summed E-state index contributed by atoms with van der Waals surface area (Å²) < 4.78 is 32.8. The fraction of sp³-hybridized carbons (Fsp3) is 0.294. The first-order chi connectivity index (χ1) is 12.7. The fourth-order valence-electron chi connectivity index (χ4n) is 2.47. The van der Waals surface area contributed by atoms with E-state index in [0.29, 0.717) is 17.6 Å². The number of fused-ring (bicyclic) bond motifs is 1. The van der Waals surface area contributed by atoms with E-state index in [2.05, 4.69) is 9.71 Å². The van der Waals surface area contributed by atoms with Crippen LogP contribution in [0.1, 0.15) is 12.8 Å². The molecule has 0 saturated heterocycles. The number of hydrogen-bond donors (Lipinski definition) is 3. The fourth-order valence-corrected chi connectivity index (χ4v) is 3.97. The first-order valence-electron chi connectivity index (χ1n) is 8.08. The first kappa shape index (κ1) is 20.9. The van der Waals surface area contributed by atoms with Crippen molar-refractivity contribution in [3.63, 3.8) is 0 Å². The number of hydrogen-bond acceptors (Lipinski definition) is 5. The molecule has 0 aliphatic heterocycles. The van der Waals surface area contributed by atoms with Gasteiger partial charge < -0.3 is 16.2 Å². The molecule has 8 nitrogen and oxygen atoms in total. The number of carbonyl (C=O) groups excluding carboxylic acids is 1. The van der Waals surface area contributed by atoms with Gasteiger partial charge in [-0.15, -0.1) is 0 Å². The molecule has 0 fully saturated rings. The highest BCUT2D eigenvalue weighted by Gasteiger charge is 2.24. The van der Waals surface area contributed by atoms with E-state index in [1.165, 1.54) is 19.2 Å². The molecule has 2 rings (SSSR count). The third-order valence-corrected chi connectivity index (χ3v) is 5.58. The number of nitrogens with two attached hydrogens (primary N) is 2. The smallest absolute Gasteiger partial charge is 0.241 e. The van der Waals surface area contributed by atoms with Gasteiger partial charge in [0, 0.05) is 6.54 Å². The number of methoxy groups -OCH3 is 1. The molecule has 5 N–H and O–H groups in total. The molecule has 2 aromatic carbocycles. The maximum absolute atomic E-state index is 12.7. The molecule has 146 valence electrons. The van der Waals surface area contributed by atoms with Gasteiger partial charge in [-0.05, 0) is 59.5 Å². The number of ether oxygens (including phenoxy) is 1. The summed E-state index contributed by atoms with van der Waals surface area (Å²) in [5.74, 6) is 0.537. The van der Waals surface area contributed by atoms with E-state index in [1.54, 1.807) is 18.2 Å². The normalized spacial score (nSPS) is 12.5. The van der Waals surface area contributed by atoms with Gasteiger partial charge in [-0.1, -0.05) is 12.1 Å². The number of carbonyl (C=O) groups is 1. The molecule has 0 unspecified atom stereocenters. The standard InChI is InChI=1S/C17H21ClN4O4S/c1-26-13-6-4-11-5-7-14(10-12(11)9-13)27(24,25)22-15(16(18)23)3-2-8-21-17(19)20/h4-7,9-10,15,22H,2-3,8H2,1H3,(H4,19,20,21)/t15-/m0/s1. The maximum atomic E-state index is 12.7. The SMILES string of the molecule is COc1ccc2ccc(S(=O)(=O)N[C@@H](CCCN=C(N)N)C(=O)Cl)cc2c1. The van der Waals surface area contributed by atoms with Crippen LogP contribution in [0.3, 0.4) is 0 Å². The monoisotopic (exact) mass is 412 g/mol. The van der Waals surface area contributed by atoms with Crippen LogP contribution in [0.4, 0.5) is 0 Å². The number of nitrogens with zero attached hydrogens (tertiary/aromatic N) is 1. The van der Waals surface area contributed by atoms with Crippen LogP contribution in [-0.2, 0) is 14.8 Å². The zero-order valence-electron chi connectivity index (χ0n) is 14.7. The molecule has 1 atom stereocenters. The Morgan fingerprint density at radius 3 is 2.56 bits per heavy atom. The maximum Gasteiger partial charge on any atom is 0.241 e. The van der Waals surface area contributed by atoms with Gasteiger partial charge in [0.15, 0.2) is 5.96 Å². The molecule has 0 radical (unpaired) electrons. The summed E-state index contributed by atoms with van der Waals surface area (Å²) >= 11 is 5.55. The summed E-state index contributed by atoms with van der Waals surface area (Å²) in [6.45, 7) is 0.264. The molecule has 0 aromatic heterocycles. The van der Waals surface area contributed by atoms with Crippen LogP contribution < -0.4 is 20.9 Å². The minimum Gasteiger partial charge on any atom is -0.497 e. The highest BCUT2D eigenvalue weighted by Crippen LogP contribution is 2.24. The Morgan fingerprint density at radius 1 is 1.22 bits per heavy atom. The van der Waals surface area contributed by atoms with E-state index in [4.69, 9.17) is 27.8 Å². The van der Waals surface area contributed by atoms with Crippen LogP contribution >= 0.6 is 11.6 Å². The average Bonchev–Trinajstić information content (AvgIpc) is 2.62. The van der Waals surface area contributed by atoms with Crippen LogP contribution in [0.25, 0.3) is 10.8 Å². The van der Waals surface area contributed by atoms with Gasteiger partial charge in [0.25, 0.3) is 0 Å². The zero-order valence-corrected chi connectivity index (χ0v) is 16.3. The van der Waals surface area contributed by atoms with Crippen molar-refractivity contribution in [2.75, 3.05) is 13.7 Å². The van der Waals surface area contributed by atoms with E-state index >= 15 is 0 Å². The van der Waals surface area contributed by atoms with Crippen LogP contribution in [0.2, 0.25) is 0 Å². The third kappa shape index (κ3) is 5.81. The Kier molecular flexibility index (Phi) is 7.00. The highest BCUT2D eigenvalue weighted by atomic mass is 35.5. The lowest BCUT2D eigenvalue weighted by Crippen LogP contribution is -2.39. The molecule has 10 heteroatoms. The number of halogens is 1. The lowest BCUT2D eigenvalue weighted by atomic mass is 10.1. The van der Waals surface area contributed by atoms with E-state index < -0.39 is 21.3 Å². The number of nitrogens with one attached hydrogen (secondary N) is 1. The van der Waals surface area contributed by atoms with Gasteiger partial charge in [-0.3, -0.25) is 9.79 Å². The number of sulfonamides is 1. The van der Waals surface area contributed by atoms with Gasteiger partial charge in [0.1, 0.15) is 5.75 Å². The van der Waals surface area contributed by atoms with Crippen LogP contribution in [0, 0.1) is 0 Å². The lowest BCUT2D eigenvalue weighted by molar-refractivity contribution is -0.113. The number of rotatable bonds is 9. The summed E-state index contributed by atoms with van der Waals surface area (Å²) in [4.78, 5) is 15.4. The summed E-state index contributed by atoms with van der Waals surface area (Å²) in [6.07, 6.45) is 0.554. The number of aliphatic imine (C=N–C) groups is 1. The molecular weight excluding hydrogens is 392 g/mol. The summed E-state index contributed by atoms with van der Waals surface area (Å²) in [6, 6.07) is 8.92. The Balaban J connectivity index is 2.21. The van der Waals surface area contributed by atoms with E-state index in [9.17, 15) is 13.2 Å². The Labute approximate surface area is 162 Å². The van der Waals surface area contributed by atoms with E-state index in [0.717, 1.165) is 5.39 Å². The molecule has 0 saturated carbocycles. The van der Waals surface area contributed by atoms with Gasteiger partial charge in [0.05, 0.1) is 18.0 Å². The number of benzene rings is 2. The van der Waals surface area contributed by atoms with Crippen LogP contribution in [0.15, 0.2) is 46.3 Å². The minimum atomic E-state index is -3.95. The van der Waals surface area contributed by atoms with Crippen molar-refractivity contribution in [3.8, 4) is 5.75 Å². The minimum absolute atomic E-state index is 0.0235. The molecule has 0 spiro atoms. The predicted molar refractivity (Wildman–Crippen MR) is 105 cm³/mol. The zero-order chi connectivity index (χ0) is 20.0. The lowest BCUT2D eigenvalue weighted by Gasteiger charge is -2.15. The first-order valence-corrected chi connectivity index (χ1v) is 9.94. The molecule has 0 aliphatic carbocycles. The molecule has 0 heterocycles. The average molecular weight is 413 g/mol. The largest absolute Gasteiger partial charge is 0.497 e. The summed E-state index contributed by atoms with van der Waals surface area (Å²) in [5.41, 5.74) is 10.5. The number of guanidine groups is 1. The van der Waals surface area contributed by atoms with E-state index in [-0.39, 0.29) is 23.8 Å². The molecule has 0 bridgehead atoms. The van der Waals surface area contributed by atoms with Crippen LogP contribution in [-0.4, -0.2) is 39.3 Å². The predicted octanol–water partition coefficient (Wildman–Crippen LogP) is 1.31. The van der Waals surface area contributed by atoms with Gasteiger partial charge in [-0.2, -0.15) is 4.72 Å². The van der Waals surface area contributed by atoms with Crippen molar-refractivity contribution in [2.24, 2.45) is 16.5 Å². The Bertz CT molecular complexity index is 959. The van der Waals surface area contributed by atoms with Gasteiger partial charge in [0.2, 0.25) is 15.3 Å². The third-order valence-electron chi connectivity index (χ3n) is 3.85. The van der Waals surface area contributed by atoms with Crippen molar-refractivity contribution in [2.45, 2.75) is 23.8 Å².